The Labute approximate surface area is 97.8 Å². The second kappa shape index (κ2) is 4.12. The second-order valence-electron chi connectivity index (χ2n) is 3.96. The Kier molecular flexibility index (Phi) is 3.00. The summed E-state index contributed by atoms with van der Waals surface area (Å²) >= 11 is 3.42. The first-order valence-electron chi connectivity index (χ1n) is 5.12. The minimum absolute atomic E-state index is 0.262. The normalized spacial score (nSPS) is 25.3. The third kappa shape index (κ3) is 2.02. The molecule has 0 fully saturated rings. The molecule has 1 unspecified atom stereocenters. The lowest BCUT2D eigenvalue weighted by Crippen LogP contribution is -2.34. The lowest BCUT2D eigenvalue weighted by atomic mass is 9.89. The number of halogens is 1. The van der Waals surface area contributed by atoms with Gasteiger partial charge < -0.3 is 16.2 Å². The predicted molar refractivity (Wildman–Crippen MR) is 64.8 cm³/mol. The van der Waals surface area contributed by atoms with Crippen molar-refractivity contribution in [2.75, 3.05) is 18.4 Å². The Bertz CT molecular complexity index is 370. The van der Waals surface area contributed by atoms with Gasteiger partial charge in [0.05, 0.1) is 0 Å². The van der Waals surface area contributed by atoms with Crippen molar-refractivity contribution in [1.82, 2.24) is 0 Å². The minimum Gasteiger partial charge on any atom is -0.385 e. The van der Waals surface area contributed by atoms with Crippen LogP contribution in [0.15, 0.2) is 22.7 Å². The van der Waals surface area contributed by atoms with Gasteiger partial charge in [0, 0.05) is 28.8 Å². The lowest BCUT2D eigenvalue weighted by Gasteiger charge is -2.26. The Hall–Kier alpha value is -0.580. The first-order chi connectivity index (χ1) is 7.15. The van der Waals surface area contributed by atoms with Crippen LogP contribution in [-0.4, -0.2) is 18.2 Å². The van der Waals surface area contributed by atoms with Crippen molar-refractivity contribution in [3.63, 3.8) is 0 Å². The van der Waals surface area contributed by atoms with Gasteiger partial charge in [-0.2, -0.15) is 0 Å². The van der Waals surface area contributed by atoms with Gasteiger partial charge in [-0.1, -0.05) is 15.9 Å². The summed E-state index contributed by atoms with van der Waals surface area (Å²) < 4.78 is 0.969. The molecule has 0 aromatic heterocycles. The zero-order valence-electron chi connectivity index (χ0n) is 8.46. The van der Waals surface area contributed by atoms with Crippen molar-refractivity contribution in [3.05, 3.63) is 28.2 Å². The van der Waals surface area contributed by atoms with Crippen molar-refractivity contribution >= 4 is 21.6 Å². The first-order valence-corrected chi connectivity index (χ1v) is 5.91. The fraction of sp³-hybridized carbons (Fsp3) is 0.455. The maximum atomic E-state index is 10.5. The molecule has 4 N–H and O–H groups in total. The molecule has 2 rings (SSSR count). The average Bonchev–Trinajstić information content (AvgIpc) is 2.40. The van der Waals surface area contributed by atoms with Crippen LogP contribution in [0.2, 0.25) is 0 Å². The van der Waals surface area contributed by atoms with Crippen LogP contribution in [0.1, 0.15) is 18.4 Å². The highest BCUT2D eigenvalue weighted by Crippen LogP contribution is 2.35. The minimum atomic E-state index is -0.886. The van der Waals surface area contributed by atoms with Gasteiger partial charge in [-0.15, -0.1) is 0 Å². The summed E-state index contributed by atoms with van der Waals surface area (Å²) in [6, 6.07) is 5.89. The molecular formula is C11H15BrN2O. The fourth-order valence-electron chi connectivity index (χ4n) is 2.01. The second-order valence-corrected chi connectivity index (χ2v) is 4.87. The van der Waals surface area contributed by atoms with Crippen LogP contribution in [0, 0.1) is 0 Å². The molecule has 1 heterocycles. The van der Waals surface area contributed by atoms with E-state index in [1.165, 1.54) is 0 Å². The van der Waals surface area contributed by atoms with Gasteiger partial charge >= 0.3 is 0 Å². The van der Waals surface area contributed by atoms with Crippen LogP contribution in [0.4, 0.5) is 5.69 Å². The molecule has 0 radical (unpaired) electrons. The SMILES string of the molecule is NCC1(O)CCCNc2ccc(Br)cc21. The standard InChI is InChI=1S/C11H15BrN2O/c12-8-2-3-10-9(6-8)11(15,7-13)4-1-5-14-10/h2-3,6,14-15H,1,4-5,7,13H2. The monoisotopic (exact) mass is 270 g/mol. The lowest BCUT2D eigenvalue weighted by molar-refractivity contribution is 0.0378. The van der Waals surface area contributed by atoms with Crippen molar-refractivity contribution < 1.29 is 5.11 Å². The van der Waals surface area contributed by atoms with E-state index in [0.717, 1.165) is 28.7 Å². The molecule has 1 atom stereocenters. The summed E-state index contributed by atoms with van der Waals surface area (Å²) in [5, 5.41) is 13.8. The number of nitrogens with one attached hydrogen (secondary N) is 1. The highest BCUT2D eigenvalue weighted by molar-refractivity contribution is 9.10. The Morgan fingerprint density at radius 3 is 3.07 bits per heavy atom. The van der Waals surface area contributed by atoms with Crippen molar-refractivity contribution in [2.45, 2.75) is 18.4 Å². The van der Waals surface area contributed by atoms with Gasteiger partial charge in [0.2, 0.25) is 0 Å². The molecule has 1 aliphatic heterocycles. The van der Waals surface area contributed by atoms with Gasteiger partial charge in [-0.3, -0.25) is 0 Å². The third-order valence-electron chi connectivity index (χ3n) is 2.90. The molecule has 1 aliphatic rings. The number of hydrogen-bond acceptors (Lipinski definition) is 3. The molecule has 1 aromatic rings. The molecule has 82 valence electrons. The Morgan fingerprint density at radius 2 is 2.33 bits per heavy atom. The zero-order valence-corrected chi connectivity index (χ0v) is 10.0. The van der Waals surface area contributed by atoms with Crippen LogP contribution >= 0.6 is 15.9 Å². The van der Waals surface area contributed by atoms with E-state index in [2.05, 4.69) is 21.2 Å². The number of hydrogen-bond donors (Lipinski definition) is 3. The summed E-state index contributed by atoms with van der Waals surface area (Å²) in [5.41, 5.74) is 6.68. The summed E-state index contributed by atoms with van der Waals surface area (Å²) in [5.74, 6) is 0. The molecule has 0 spiro atoms. The quantitative estimate of drug-likeness (QED) is 0.730. The van der Waals surface area contributed by atoms with Gasteiger partial charge in [0.25, 0.3) is 0 Å². The molecule has 0 amide bonds. The number of anilines is 1. The average molecular weight is 271 g/mol. The Morgan fingerprint density at radius 1 is 1.53 bits per heavy atom. The summed E-state index contributed by atoms with van der Waals surface area (Å²) in [7, 11) is 0. The molecule has 15 heavy (non-hydrogen) atoms. The van der Waals surface area contributed by atoms with Crippen LogP contribution in [0.5, 0.6) is 0 Å². The highest BCUT2D eigenvalue weighted by Gasteiger charge is 2.31. The van der Waals surface area contributed by atoms with Crippen LogP contribution in [-0.2, 0) is 5.60 Å². The molecule has 0 saturated carbocycles. The molecule has 0 saturated heterocycles. The third-order valence-corrected chi connectivity index (χ3v) is 3.40. The van der Waals surface area contributed by atoms with E-state index in [1.54, 1.807) is 0 Å². The molecular weight excluding hydrogens is 256 g/mol. The van der Waals surface area contributed by atoms with E-state index >= 15 is 0 Å². The van der Waals surface area contributed by atoms with E-state index in [0.29, 0.717) is 6.42 Å². The molecule has 0 bridgehead atoms. The summed E-state index contributed by atoms with van der Waals surface area (Å²) in [6.07, 6.45) is 1.64. The fourth-order valence-corrected chi connectivity index (χ4v) is 2.37. The molecule has 0 aliphatic carbocycles. The molecule has 3 nitrogen and oxygen atoms in total. The summed E-state index contributed by atoms with van der Waals surface area (Å²) in [6.45, 7) is 1.15. The van der Waals surface area contributed by atoms with Gasteiger partial charge in [-0.25, -0.2) is 0 Å². The van der Waals surface area contributed by atoms with E-state index in [4.69, 9.17) is 5.73 Å². The predicted octanol–water partition coefficient (Wildman–Crippen LogP) is 1.80. The number of aliphatic hydroxyl groups is 1. The maximum Gasteiger partial charge on any atom is 0.104 e. The van der Waals surface area contributed by atoms with E-state index in [-0.39, 0.29) is 6.54 Å². The van der Waals surface area contributed by atoms with E-state index < -0.39 is 5.60 Å². The summed E-state index contributed by atoms with van der Waals surface area (Å²) in [4.78, 5) is 0. The molecule has 4 heteroatoms. The number of rotatable bonds is 1. The van der Waals surface area contributed by atoms with Crippen molar-refractivity contribution in [2.24, 2.45) is 5.73 Å². The largest absolute Gasteiger partial charge is 0.385 e. The smallest absolute Gasteiger partial charge is 0.104 e. The van der Waals surface area contributed by atoms with Crippen LogP contribution < -0.4 is 11.1 Å². The number of fused-ring (bicyclic) bond motifs is 1. The van der Waals surface area contributed by atoms with Crippen molar-refractivity contribution in [3.8, 4) is 0 Å². The van der Waals surface area contributed by atoms with Gasteiger partial charge in [-0.05, 0) is 31.0 Å². The number of nitrogens with two attached hydrogens (primary N) is 1. The van der Waals surface area contributed by atoms with Crippen LogP contribution in [0.3, 0.4) is 0 Å². The number of benzene rings is 1. The topological polar surface area (TPSA) is 58.3 Å². The van der Waals surface area contributed by atoms with Gasteiger partial charge in [0.1, 0.15) is 5.60 Å². The first kappa shape index (κ1) is 10.9. The molecule has 1 aromatic carbocycles. The van der Waals surface area contributed by atoms with E-state index in [1.807, 2.05) is 18.2 Å². The Balaban J connectivity index is 2.52. The van der Waals surface area contributed by atoms with E-state index in [9.17, 15) is 5.11 Å². The van der Waals surface area contributed by atoms with Gasteiger partial charge in [0.15, 0.2) is 0 Å². The maximum absolute atomic E-state index is 10.5. The van der Waals surface area contributed by atoms with Crippen LogP contribution in [0.25, 0.3) is 0 Å². The zero-order chi connectivity index (χ0) is 10.9. The highest BCUT2D eigenvalue weighted by atomic mass is 79.9. The van der Waals surface area contributed by atoms with Crippen molar-refractivity contribution in [1.29, 1.82) is 0 Å².